The lowest BCUT2D eigenvalue weighted by Gasteiger charge is -2.11. The van der Waals surface area contributed by atoms with E-state index in [1.54, 1.807) is 12.5 Å². The van der Waals surface area contributed by atoms with Crippen LogP contribution in [0.25, 0.3) is 0 Å². The second-order valence-corrected chi connectivity index (χ2v) is 6.31. The number of benzene rings is 1. The van der Waals surface area contributed by atoms with Gasteiger partial charge in [-0.15, -0.1) is 11.3 Å². The molecule has 1 aromatic heterocycles. The number of carbonyl (C=O) groups excluding carboxylic acids is 2. The quantitative estimate of drug-likeness (QED) is 0.671. The second-order valence-electron chi connectivity index (χ2n) is 5.45. The van der Waals surface area contributed by atoms with Gasteiger partial charge in [-0.25, -0.2) is 4.98 Å². The molecule has 0 saturated heterocycles. The van der Waals surface area contributed by atoms with Crippen molar-refractivity contribution in [3.8, 4) is 5.75 Å². The maximum atomic E-state index is 12.1. The van der Waals surface area contributed by atoms with Crippen LogP contribution in [0.3, 0.4) is 0 Å². The number of thiazole rings is 1. The Morgan fingerprint density at radius 2 is 2.16 bits per heavy atom. The third-order valence-electron chi connectivity index (χ3n) is 3.49. The minimum atomic E-state index is -0.380. The molecule has 1 aromatic carbocycles. The maximum absolute atomic E-state index is 12.1. The van der Waals surface area contributed by atoms with Gasteiger partial charge < -0.3 is 20.7 Å². The molecule has 2 aromatic rings. The van der Waals surface area contributed by atoms with E-state index in [4.69, 9.17) is 4.74 Å². The van der Waals surface area contributed by atoms with Gasteiger partial charge in [0.25, 0.3) is 5.91 Å². The van der Waals surface area contributed by atoms with Crippen LogP contribution < -0.4 is 20.7 Å². The van der Waals surface area contributed by atoms with Crippen LogP contribution in [0.1, 0.15) is 30.8 Å². The van der Waals surface area contributed by atoms with Crippen molar-refractivity contribution in [2.24, 2.45) is 0 Å². The van der Waals surface area contributed by atoms with Gasteiger partial charge in [-0.3, -0.25) is 9.59 Å². The van der Waals surface area contributed by atoms with Crippen LogP contribution in [-0.2, 0) is 4.79 Å². The monoisotopic (exact) mass is 362 g/mol. The van der Waals surface area contributed by atoms with Crippen molar-refractivity contribution >= 4 is 34.0 Å². The average Bonchev–Trinajstić information content (AvgIpc) is 3.08. The first-order valence-electron chi connectivity index (χ1n) is 7.96. The van der Waals surface area contributed by atoms with Crippen molar-refractivity contribution in [3.05, 3.63) is 35.3 Å². The number of ether oxygens (including phenoxy) is 1. The minimum absolute atomic E-state index is 0.0701. The number of carbonyl (C=O) groups is 2. The lowest BCUT2D eigenvalue weighted by atomic mass is 10.2. The van der Waals surface area contributed by atoms with E-state index in [0.717, 1.165) is 17.9 Å². The number of hydrogen-bond acceptors (Lipinski definition) is 6. The van der Waals surface area contributed by atoms with Gasteiger partial charge in [0, 0.05) is 23.2 Å². The summed E-state index contributed by atoms with van der Waals surface area (Å²) in [6, 6.07) is 7.50. The van der Waals surface area contributed by atoms with Crippen LogP contribution >= 0.6 is 11.3 Å². The number of nitrogens with zero attached hydrogens (tertiary/aromatic N) is 1. The Balaban J connectivity index is 1.89. The van der Waals surface area contributed by atoms with Crippen LogP contribution in [0.4, 0.5) is 10.8 Å². The molecule has 2 amide bonds. The molecular formula is C17H22N4O3S. The Morgan fingerprint density at radius 3 is 2.88 bits per heavy atom. The zero-order valence-electron chi connectivity index (χ0n) is 14.5. The Hall–Kier alpha value is -2.61. The summed E-state index contributed by atoms with van der Waals surface area (Å²) in [6.45, 7) is 3.83. The number of anilines is 2. The van der Waals surface area contributed by atoms with Crippen LogP contribution in [0.15, 0.2) is 29.6 Å². The molecule has 0 aliphatic carbocycles. The third-order valence-corrected chi connectivity index (χ3v) is 4.24. The highest BCUT2D eigenvalue weighted by atomic mass is 32.1. The van der Waals surface area contributed by atoms with Gasteiger partial charge in [0.05, 0.1) is 13.7 Å². The normalized spacial score (nSPS) is 11.5. The standard InChI is InChI=1S/C17H22N4O3S/c1-4-11(2)19-15(22)9-18-16(23)14-10-25-17(21-14)20-12-6-5-7-13(8-12)24-3/h5-8,10-11H,4,9H2,1-3H3,(H,18,23)(H,19,22)(H,20,21). The van der Waals surface area contributed by atoms with Gasteiger partial charge in [0.15, 0.2) is 5.13 Å². The van der Waals surface area contributed by atoms with E-state index in [2.05, 4.69) is 20.9 Å². The fourth-order valence-electron chi connectivity index (χ4n) is 1.94. The molecule has 0 saturated carbocycles. The van der Waals surface area contributed by atoms with Gasteiger partial charge in [0.1, 0.15) is 11.4 Å². The molecule has 0 aliphatic rings. The zero-order chi connectivity index (χ0) is 18.2. The Bertz CT molecular complexity index is 732. The van der Waals surface area contributed by atoms with Crippen LogP contribution in [-0.4, -0.2) is 36.5 Å². The van der Waals surface area contributed by atoms with Crippen LogP contribution in [0, 0.1) is 0 Å². The molecule has 0 aliphatic heterocycles. The molecule has 1 atom stereocenters. The fourth-order valence-corrected chi connectivity index (χ4v) is 2.65. The number of hydrogen-bond donors (Lipinski definition) is 3. The van der Waals surface area contributed by atoms with Crippen LogP contribution in [0.5, 0.6) is 5.75 Å². The topological polar surface area (TPSA) is 92.4 Å². The Morgan fingerprint density at radius 1 is 1.36 bits per heavy atom. The zero-order valence-corrected chi connectivity index (χ0v) is 15.3. The van der Waals surface area contributed by atoms with Crippen molar-refractivity contribution < 1.29 is 14.3 Å². The molecule has 8 heteroatoms. The first kappa shape index (κ1) is 18.7. The third kappa shape index (κ3) is 5.75. The predicted octanol–water partition coefficient (Wildman–Crippen LogP) is 2.54. The van der Waals surface area contributed by atoms with Gasteiger partial charge in [-0.1, -0.05) is 13.0 Å². The number of aromatic nitrogens is 1. The van der Waals surface area contributed by atoms with Gasteiger partial charge in [-0.2, -0.15) is 0 Å². The molecule has 0 bridgehead atoms. The van der Waals surface area contributed by atoms with Gasteiger partial charge in [-0.05, 0) is 25.5 Å². The highest BCUT2D eigenvalue weighted by Gasteiger charge is 2.13. The lowest BCUT2D eigenvalue weighted by Crippen LogP contribution is -2.40. The van der Waals surface area contributed by atoms with E-state index in [1.807, 2.05) is 38.1 Å². The van der Waals surface area contributed by atoms with Crippen molar-refractivity contribution in [2.45, 2.75) is 26.3 Å². The summed E-state index contributed by atoms with van der Waals surface area (Å²) in [5.41, 5.74) is 1.08. The molecule has 2 rings (SSSR count). The van der Waals surface area contributed by atoms with Crippen LogP contribution in [0.2, 0.25) is 0 Å². The van der Waals surface area contributed by atoms with Gasteiger partial charge in [0.2, 0.25) is 5.91 Å². The number of amides is 2. The summed E-state index contributed by atoms with van der Waals surface area (Å²) < 4.78 is 5.17. The van der Waals surface area contributed by atoms with E-state index in [1.165, 1.54) is 11.3 Å². The molecule has 1 unspecified atom stereocenters. The molecule has 134 valence electrons. The molecule has 7 nitrogen and oxygen atoms in total. The summed E-state index contributed by atoms with van der Waals surface area (Å²) in [7, 11) is 1.60. The molecule has 25 heavy (non-hydrogen) atoms. The summed E-state index contributed by atoms with van der Waals surface area (Å²) in [5.74, 6) is 0.133. The highest BCUT2D eigenvalue weighted by molar-refractivity contribution is 7.14. The second kappa shape index (κ2) is 9.03. The van der Waals surface area contributed by atoms with Crippen molar-refractivity contribution in [1.29, 1.82) is 0 Å². The maximum Gasteiger partial charge on any atom is 0.271 e. The Labute approximate surface area is 150 Å². The van der Waals surface area contributed by atoms with Crippen molar-refractivity contribution in [1.82, 2.24) is 15.6 Å². The number of rotatable bonds is 8. The molecule has 1 heterocycles. The SMILES string of the molecule is CCC(C)NC(=O)CNC(=O)c1csc(Nc2cccc(OC)c2)n1. The summed E-state index contributed by atoms with van der Waals surface area (Å²) in [4.78, 5) is 28.0. The van der Waals surface area contributed by atoms with Crippen molar-refractivity contribution in [2.75, 3.05) is 19.0 Å². The first-order valence-corrected chi connectivity index (χ1v) is 8.84. The van der Waals surface area contributed by atoms with E-state index in [-0.39, 0.29) is 30.1 Å². The number of methoxy groups -OCH3 is 1. The molecule has 0 fully saturated rings. The molecule has 3 N–H and O–H groups in total. The smallest absolute Gasteiger partial charge is 0.271 e. The van der Waals surface area contributed by atoms with E-state index in [0.29, 0.717) is 5.13 Å². The number of nitrogens with one attached hydrogen (secondary N) is 3. The summed E-state index contributed by atoms with van der Waals surface area (Å²) in [6.07, 6.45) is 0.838. The Kier molecular flexibility index (Phi) is 6.76. The van der Waals surface area contributed by atoms with Crippen molar-refractivity contribution in [3.63, 3.8) is 0 Å². The lowest BCUT2D eigenvalue weighted by molar-refractivity contribution is -0.120. The minimum Gasteiger partial charge on any atom is -0.497 e. The molecule has 0 spiro atoms. The first-order chi connectivity index (χ1) is 12.0. The fraction of sp³-hybridized carbons (Fsp3) is 0.353. The summed E-state index contributed by atoms with van der Waals surface area (Å²) >= 11 is 1.31. The van der Waals surface area contributed by atoms with E-state index >= 15 is 0 Å². The van der Waals surface area contributed by atoms with E-state index in [9.17, 15) is 9.59 Å². The molecular weight excluding hydrogens is 340 g/mol. The summed E-state index contributed by atoms with van der Waals surface area (Å²) in [5, 5.41) is 10.7. The highest BCUT2D eigenvalue weighted by Crippen LogP contribution is 2.23. The average molecular weight is 362 g/mol. The largest absolute Gasteiger partial charge is 0.497 e. The predicted molar refractivity (Wildman–Crippen MR) is 98.6 cm³/mol. The molecule has 0 radical (unpaired) electrons. The van der Waals surface area contributed by atoms with E-state index < -0.39 is 0 Å². The van der Waals surface area contributed by atoms with Gasteiger partial charge >= 0.3 is 0 Å².